The van der Waals surface area contributed by atoms with Gasteiger partial charge in [-0.05, 0) is 31.2 Å². The number of hydrogen-bond donors (Lipinski definition) is 0. The number of carbonyl (C=O) groups excluding carboxylic acids is 2. The number of aromatic nitrogens is 2. The molecule has 0 atom stereocenters. The number of benzene rings is 2. The first-order valence-corrected chi connectivity index (χ1v) is 8.96. The minimum absolute atomic E-state index is 0.0763. The Kier molecular flexibility index (Phi) is 5.92. The van der Waals surface area contributed by atoms with Crippen LogP contribution < -0.4 is 14.2 Å². The summed E-state index contributed by atoms with van der Waals surface area (Å²) in [4.78, 5) is 28.9. The van der Waals surface area contributed by atoms with Gasteiger partial charge in [0.05, 0.1) is 19.8 Å². The highest BCUT2D eigenvalue weighted by Crippen LogP contribution is 2.21. The average Bonchev–Trinajstić information content (AvgIpc) is 2.72. The van der Waals surface area contributed by atoms with E-state index in [-0.39, 0.29) is 29.1 Å². The number of ketones is 1. The first kappa shape index (κ1) is 20.1. The van der Waals surface area contributed by atoms with Gasteiger partial charge in [0.1, 0.15) is 29.2 Å². The SMILES string of the molecule is CCOc1ccc2nc(COC(=O)c3ccccc3OC)c(C(C)=O)[n+]([O-])c2c1. The molecule has 1 heterocycles. The second-order valence-electron chi connectivity index (χ2n) is 6.12. The van der Waals surface area contributed by atoms with Gasteiger partial charge in [-0.2, -0.15) is 4.73 Å². The summed E-state index contributed by atoms with van der Waals surface area (Å²) < 4.78 is 16.4. The van der Waals surface area contributed by atoms with Crippen LogP contribution in [0.2, 0.25) is 0 Å². The molecule has 3 rings (SSSR count). The van der Waals surface area contributed by atoms with Gasteiger partial charge in [-0.25, -0.2) is 9.78 Å². The highest BCUT2D eigenvalue weighted by Gasteiger charge is 2.25. The Balaban J connectivity index is 1.96. The maximum atomic E-state index is 12.8. The van der Waals surface area contributed by atoms with Crippen molar-refractivity contribution in [1.29, 1.82) is 0 Å². The molecule has 0 saturated heterocycles. The first-order chi connectivity index (χ1) is 14.0. The fourth-order valence-corrected chi connectivity index (χ4v) is 2.92. The molecule has 0 aliphatic heterocycles. The molecule has 0 bridgehead atoms. The van der Waals surface area contributed by atoms with E-state index in [2.05, 4.69) is 4.98 Å². The third kappa shape index (κ3) is 4.11. The van der Waals surface area contributed by atoms with Crippen LogP contribution in [0, 0.1) is 5.21 Å². The van der Waals surface area contributed by atoms with Crippen molar-refractivity contribution < 1.29 is 28.5 Å². The molecule has 2 aromatic carbocycles. The average molecular weight is 396 g/mol. The van der Waals surface area contributed by atoms with Gasteiger partial charge in [0, 0.05) is 6.92 Å². The van der Waals surface area contributed by atoms with Crippen LogP contribution in [0.1, 0.15) is 40.4 Å². The molecule has 0 amide bonds. The molecule has 0 unspecified atom stereocenters. The summed E-state index contributed by atoms with van der Waals surface area (Å²) in [7, 11) is 1.45. The quantitative estimate of drug-likeness (QED) is 0.262. The molecule has 0 aliphatic rings. The number of esters is 1. The minimum Gasteiger partial charge on any atom is -0.618 e. The van der Waals surface area contributed by atoms with Crippen LogP contribution in [0.25, 0.3) is 11.0 Å². The number of methoxy groups -OCH3 is 1. The first-order valence-electron chi connectivity index (χ1n) is 8.96. The smallest absolute Gasteiger partial charge is 0.342 e. The second-order valence-corrected chi connectivity index (χ2v) is 6.12. The number of nitrogens with zero attached hydrogens (tertiary/aromatic N) is 2. The molecule has 1 aromatic heterocycles. The predicted octanol–water partition coefficient (Wildman–Crippen LogP) is 2.84. The van der Waals surface area contributed by atoms with Gasteiger partial charge in [-0.3, -0.25) is 4.79 Å². The molecule has 8 heteroatoms. The highest BCUT2D eigenvalue weighted by molar-refractivity contribution is 5.94. The number of fused-ring (bicyclic) bond motifs is 1. The van der Waals surface area contributed by atoms with Crippen molar-refractivity contribution in [2.24, 2.45) is 0 Å². The predicted molar refractivity (Wildman–Crippen MR) is 104 cm³/mol. The molecule has 0 saturated carbocycles. The van der Waals surface area contributed by atoms with Gasteiger partial charge in [0.2, 0.25) is 11.3 Å². The monoisotopic (exact) mass is 396 g/mol. The van der Waals surface area contributed by atoms with Crippen LogP contribution >= 0.6 is 0 Å². The Hall–Kier alpha value is -3.68. The number of rotatable bonds is 7. The van der Waals surface area contributed by atoms with E-state index in [1.165, 1.54) is 20.1 Å². The van der Waals surface area contributed by atoms with E-state index in [9.17, 15) is 14.8 Å². The lowest BCUT2D eigenvalue weighted by molar-refractivity contribution is -0.580. The molecule has 150 valence electrons. The largest absolute Gasteiger partial charge is 0.618 e. The van der Waals surface area contributed by atoms with Crippen LogP contribution in [0.5, 0.6) is 11.5 Å². The molecule has 0 fully saturated rings. The van der Waals surface area contributed by atoms with Gasteiger partial charge >= 0.3 is 5.97 Å². The zero-order valence-corrected chi connectivity index (χ0v) is 16.3. The summed E-state index contributed by atoms with van der Waals surface area (Å²) >= 11 is 0. The van der Waals surface area contributed by atoms with Crippen molar-refractivity contribution in [3.05, 3.63) is 64.6 Å². The summed E-state index contributed by atoms with van der Waals surface area (Å²) in [6.45, 7) is 3.19. The van der Waals surface area contributed by atoms with Crippen molar-refractivity contribution >= 4 is 22.8 Å². The molecule has 8 nitrogen and oxygen atoms in total. The zero-order valence-electron chi connectivity index (χ0n) is 16.3. The summed E-state index contributed by atoms with van der Waals surface area (Å²) in [5, 5.41) is 12.8. The number of Topliss-reactive ketones (excluding diaryl/α,β-unsaturated/α-hetero) is 1. The third-order valence-corrected chi connectivity index (χ3v) is 4.21. The Bertz CT molecular complexity index is 1080. The van der Waals surface area contributed by atoms with Crippen LogP contribution in [-0.2, 0) is 11.3 Å². The van der Waals surface area contributed by atoms with Crippen LogP contribution in [0.3, 0.4) is 0 Å². The Morgan fingerprint density at radius 1 is 1.17 bits per heavy atom. The molecular formula is C21H20N2O6. The Morgan fingerprint density at radius 2 is 1.93 bits per heavy atom. The molecule has 0 aliphatic carbocycles. The Labute approximate surface area is 167 Å². The minimum atomic E-state index is -0.650. The van der Waals surface area contributed by atoms with Crippen molar-refractivity contribution in [2.45, 2.75) is 20.5 Å². The lowest BCUT2D eigenvalue weighted by Gasteiger charge is -2.12. The van der Waals surface area contributed by atoms with E-state index in [1.807, 2.05) is 6.92 Å². The van der Waals surface area contributed by atoms with Crippen LogP contribution in [-0.4, -0.2) is 30.5 Å². The summed E-state index contributed by atoms with van der Waals surface area (Å²) in [6, 6.07) is 11.4. The number of hydrogen-bond acceptors (Lipinski definition) is 7. The lowest BCUT2D eigenvalue weighted by Crippen LogP contribution is -2.37. The molecule has 29 heavy (non-hydrogen) atoms. The van der Waals surface area contributed by atoms with E-state index in [1.54, 1.807) is 36.4 Å². The van der Waals surface area contributed by atoms with E-state index in [4.69, 9.17) is 14.2 Å². The van der Waals surface area contributed by atoms with E-state index in [0.717, 1.165) is 0 Å². The Morgan fingerprint density at radius 3 is 2.62 bits per heavy atom. The molecule has 0 radical (unpaired) electrons. The molecule has 0 N–H and O–H groups in total. The van der Waals surface area contributed by atoms with E-state index < -0.39 is 11.8 Å². The second kappa shape index (κ2) is 8.55. The number of carbonyl (C=O) groups is 2. The number of ether oxygens (including phenoxy) is 3. The maximum absolute atomic E-state index is 12.8. The summed E-state index contributed by atoms with van der Waals surface area (Å²) in [6.07, 6.45) is 0. The summed E-state index contributed by atoms with van der Waals surface area (Å²) in [5.41, 5.74) is 0.681. The topological polar surface area (TPSA) is 102 Å². The lowest BCUT2D eigenvalue weighted by atomic mass is 10.2. The van der Waals surface area contributed by atoms with Crippen molar-refractivity contribution in [3.63, 3.8) is 0 Å². The maximum Gasteiger partial charge on any atom is 0.342 e. The zero-order chi connectivity index (χ0) is 21.0. The fourth-order valence-electron chi connectivity index (χ4n) is 2.92. The van der Waals surface area contributed by atoms with Gasteiger partial charge in [-0.15, -0.1) is 0 Å². The molecule has 3 aromatic rings. The standard InChI is InChI=1S/C21H20N2O6/c1-4-28-14-9-10-16-18(11-14)23(26)20(13(2)24)17(22-16)12-29-21(25)15-7-5-6-8-19(15)27-3/h5-11H,4,12H2,1-3H3. The molecule has 0 spiro atoms. The van der Waals surface area contributed by atoms with Crippen molar-refractivity contribution in [1.82, 2.24) is 4.98 Å². The van der Waals surface area contributed by atoms with Crippen LogP contribution in [0.4, 0.5) is 0 Å². The highest BCUT2D eigenvalue weighted by atomic mass is 16.5. The van der Waals surface area contributed by atoms with Gasteiger partial charge in [-0.1, -0.05) is 12.1 Å². The fraction of sp³-hybridized carbons (Fsp3) is 0.238. The van der Waals surface area contributed by atoms with E-state index >= 15 is 0 Å². The van der Waals surface area contributed by atoms with E-state index in [0.29, 0.717) is 28.4 Å². The molecular weight excluding hydrogens is 376 g/mol. The summed E-state index contributed by atoms with van der Waals surface area (Å²) in [5.74, 6) is -0.281. The van der Waals surface area contributed by atoms with Crippen molar-refractivity contribution in [2.75, 3.05) is 13.7 Å². The van der Waals surface area contributed by atoms with Gasteiger partial charge in [0.25, 0.3) is 5.69 Å². The number of para-hydroxylation sites is 1. The van der Waals surface area contributed by atoms with Gasteiger partial charge in [0.15, 0.2) is 5.69 Å². The normalized spacial score (nSPS) is 10.6. The third-order valence-electron chi connectivity index (χ3n) is 4.21. The van der Waals surface area contributed by atoms with Crippen molar-refractivity contribution in [3.8, 4) is 11.5 Å². The van der Waals surface area contributed by atoms with Gasteiger partial charge < -0.3 is 19.4 Å². The van der Waals surface area contributed by atoms with Crippen LogP contribution in [0.15, 0.2) is 42.5 Å².